The van der Waals surface area contributed by atoms with Crippen LogP contribution in [0.4, 0.5) is 4.39 Å². The molecule has 2 amide bonds. The van der Waals surface area contributed by atoms with E-state index in [9.17, 15) is 19.1 Å². The largest absolute Gasteiger partial charge is 0.390 e. The summed E-state index contributed by atoms with van der Waals surface area (Å²) in [4.78, 5) is 30.4. The number of alkyl halides is 1. The number of carbonyl (C=O) groups is 2. The molecular formula is C22H28Cl2FN3O3. The van der Waals surface area contributed by atoms with Gasteiger partial charge in [0.2, 0.25) is 11.8 Å². The highest BCUT2D eigenvalue weighted by Crippen LogP contribution is 2.23. The first-order valence-corrected chi connectivity index (χ1v) is 11.3. The number of hydrogen-bond donors (Lipinski definition) is 1. The smallest absolute Gasteiger partial charge is 0.246 e. The standard InChI is InChI=1S/C22H28Cl2FN3O3/c23-17-4-2-16(14-18(17)24)3-5-21(30)28-11-7-22(31)27(12-13-28)9-1-8-26-10-6-20(29)19(25)15-26/h2-5,14,19-20,29H,1,6-13,15H2/b5-3+. The lowest BCUT2D eigenvalue weighted by molar-refractivity contribution is -0.130. The molecular weight excluding hydrogens is 444 g/mol. The zero-order valence-electron chi connectivity index (χ0n) is 17.4. The summed E-state index contributed by atoms with van der Waals surface area (Å²) in [6.07, 6.45) is 2.56. The highest BCUT2D eigenvalue weighted by molar-refractivity contribution is 6.42. The predicted octanol–water partition coefficient (Wildman–Crippen LogP) is 2.86. The Hall–Kier alpha value is -1.67. The first-order valence-electron chi connectivity index (χ1n) is 10.6. The average Bonchev–Trinajstić information content (AvgIpc) is 2.93. The predicted molar refractivity (Wildman–Crippen MR) is 120 cm³/mol. The summed E-state index contributed by atoms with van der Waals surface area (Å²) in [5, 5.41) is 10.4. The molecule has 3 rings (SSSR count). The second-order valence-electron chi connectivity index (χ2n) is 7.99. The number of rotatable bonds is 6. The number of amides is 2. The minimum atomic E-state index is -1.20. The van der Waals surface area contributed by atoms with Crippen LogP contribution in [0.25, 0.3) is 6.08 Å². The van der Waals surface area contributed by atoms with Crippen LogP contribution in [0.5, 0.6) is 0 Å². The number of likely N-dealkylation sites (tertiary alicyclic amines) is 1. The number of nitrogens with zero attached hydrogens (tertiary/aromatic N) is 3. The van der Waals surface area contributed by atoms with Gasteiger partial charge in [-0.3, -0.25) is 9.59 Å². The van der Waals surface area contributed by atoms with Crippen LogP contribution in [0.3, 0.4) is 0 Å². The number of halogens is 3. The summed E-state index contributed by atoms with van der Waals surface area (Å²) in [6, 6.07) is 5.14. The highest BCUT2D eigenvalue weighted by Gasteiger charge is 2.27. The monoisotopic (exact) mass is 471 g/mol. The molecule has 31 heavy (non-hydrogen) atoms. The van der Waals surface area contributed by atoms with Crippen LogP contribution in [0.2, 0.25) is 10.0 Å². The van der Waals surface area contributed by atoms with Crippen LogP contribution in [0.15, 0.2) is 24.3 Å². The van der Waals surface area contributed by atoms with Crippen molar-refractivity contribution in [2.24, 2.45) is 0 Å². The van der Waals surface area contributed by atoms with Crippen molar-refractivity contribution in [3.63, 3.8) is 0 Å². The van der Waals surface area contributed by atoms with Crippen LogP contribution < -0.4 is 0 Å². The molecule has 2 aliphatic heterocycles. The molecule has 1 N–H and O–H groups in total. The maximum atomic E-state index is 13.6. The molecule has 2 saturated heterocycles. The van der Waals surface area contributed by atoms with Gasteiger partial charge in [0, 0.05) is 51.8 Å². The summed E-state index contributed by atoms with van der Waals surface area (Å²) in [5.74, 6) is -0.122. The molecule has 2 fully saturated rings. The molecule has 2 unspecified atom stereocenters. The van der Waals surface area contributed by atoms with Gasteiger partial charge in [-0.15, -0.1) is 0 Å². The third-order valence-electron chi connectivity index (χ3n) is 5.76. The molecule has 0 aromatic heterocycles. The normalized spacial score (nSPS) is 23.4. The Labute approximate surface area is 192 Å². The van der Waals surface area contributed by atoms with Gasteiger partial charge in [0.05, 0.1) is 16.1 Å². The summed E-state index contributed by atoms with van der Waals surface area (Å²) >= 11 is 11.9. The van der Waals surface area contributed by atoms with E-state index in [1.54, 1.807) is 34.1 Å². The highest BCUT2D eigenvalue weighted by atomic mass is 35.5. The molecule has 6 nitrogen and oxygen atoms in total. The molecule has 0 spiro atoms. The number of aliphatic hydroxyl groups excluding tert-OH is 1. The van der Waals surface area contributed by atoms with E-state index in [1.807, 2.05) is 4.90 Å². The van der Waals surface area contributed by atoms with E-state index in [0.717, 1.165) is 12.0 Å². The lowest BCUT2D eigenvalue weighted by atomic mass is 10.1. The van der Waals surface area contributed by atoms with Crippen LogP contribution in [0, 0.1) is 0 Å². The molecule has 9 heteroatoms. The summed E-state index contributed by atoms with van der Waals surface area (Å²) < 4.78 is 13.6. The summed E-state index contributed by atoms with van der Waals surface area (Å²) in [6.45, 7) is 3.51. The van der Waals surface area contributed by atoms with Crippen molar-refractivity contribution in [2.75, 3.05) is 45.8 Å². The molecule has 0 bridgehead atoms. The molecule has 2 atom stereocenters. The van der Waals surface area contributed by atoms with Crippen molar-refractivity contribution >= 4 is 41.1 Å². The number of piperidine rings is 1. The Morgan fingerprint density at radius 3 is 2.71 bits per heavy atom. The third kappa shape index (κ3) is 6.91. The van der Waals surface area contributed by atoms with Gasteiger partial charge in [-0.25, -0.2) is 4.39 Å². The third-order valence-corrected chi connectivity index (χ3v) is 6.49. The maximum Gasteiger partial charge on any atom is 0.246 e. The lowest BCUT2D eigenvalue weighted by Gasteiger charge is -2.32. The first-order chi connectivity index (χ1) is 14.8. The second-order valence-corrected chi connectivity index (χ2v) is 8.80. The Kier molecular flexibility index (Phi) is 8.72. The SMILES string of the molecule is O=C(/C=C/c1ccc(Cl)c(Cl)c1)N1CCC(=O)N(CCCN2CCC(O)C(F)C2)CC1. The van der Waals surface area contributed by atoms with Crippen molar-refractivity contribution in [1.29, 1.82) is 0 Å². The molecule has 1 aromatic rings. The van der Waals surface area contributed by atoms with E-state index in [4.69, 9.17) is 23.2 Å². The van der Waals surface area contributed by atoms with Crippen molar-refractivity contribution in [3.8, 4) is 0 Å². The number of hydrogen-bond acceptors (Lipinski definition) is 4. The van der Waals surface area contributed by atoms with E-state index in [1.165, 1.54) is 6.08 Å². The minimum absolute atomic E-state index is 0.0289. The zero-order chi connectivity index (χ0) is 22.4. The number of benzene rings is 1. The Morgan fingerprint density at radius 2 is 1.97 bits per heavy atom. The van der Waals surface area contributed by atoms with Crippen LogP contribution >= 0.6 is 23.2 Å². The zero-order valence-corrected chi connectivity index (χ0v) is 18.9. The topological polar surface area (TPSA) is 64.1 Å². The van der Waals surface area contributed by atoms with E-state index in [2.05, 4.69) is 0 Å². The molecule has 2 aliphatic rings. The molecule has 0 saturated carbocycles. The van der Waals surface area contributed by atoms with Gasteiger partial charge in [0.1, 0.15) is 6.17 Å². The second kappa shape index (κ2) is 11.3. The van der Waals surface area contributed by atoms with Crippen LogP contribution in [-0.4, -0.2) is 89.7 Å². The Morgan fingerprint density at radius 1 is 1.16 bits per heavy atom. The molecule has 0 radical (unpaired) electrons. The van der Waals surface area contributed by atoms with E-state index in [-0.39, 0.29) is 24.8 Å². The van der Waals surface area contributed by atoms with Gasteiger partial charge in [0.15, 0.2) is 0 Å². The van der Waals surface area contributed by atoms with Gasteiger partial charge >= 0.3 is 0 Å². The van der Waals surface area contributed by atoms with Gasteiger partial charge in [-0.2, -0.15) is 0 Å². The van der Waals surface area contributed by atoms with Gasteiger partial charge in [-0.05, 0) is 43.2 Å². The molecule has 170 valence electrons. The van der Waals surface area contributed by atoms with Crippen LogP contribution in [-0.2, 0) is 9.59 Å². The van der Waals surface area contributed by atoms with Crippen molar-refractivity contribution in [3.05, 3.63) is 39.9 Å². The number of carbonyl (C=O) groups excluding carboxylic acids is 2. The lowest BCUT2D eigenvalue weighted by Crippen LogP contribution is -2.45. The fourth-order valence-electron chi connectivity index (χ4n) is 3.86. The first kappa shape index (κ1) is 24.0. The summed E-state index contributed by atoms with van der Waals surface area (Å²) in [7, 11) is 0. The fraction of sp³-hybridized carbons (Fsp3) is 0.545. The Balaban J connectivity index is 1.45. The maximum absolute atomic E-state index is 13.6. The van der Waals surface area contributed by atoms with Gasteiger partial charge < -0.3 is 19.8 Å². The average molecular weight is 472 g/mol. The van der Waals surface area contributed by atoms with Crippen LogP contribution in [0.1, 0.15) is 24.8 Å². The molecule has 1 aromatic carbocycles. The quantitative estimate of drug-likeness (QED) is 0.647. The van der Waals surface area contributed by atoms with Gasteiger partial charge in [0.25, 0.3) is 0 Å². The van der Waals surface area contributed by atoms with Gasteiger partial charge in [-0.1, -0.05) is 29.3 Å². The van der Waals surface area contributed by atoms with E-state index in [0.29, 0.717) is 55.7 Å². The van der Waals surface area contributed by atoms with Crippen molar-refractivity contribution in [1.82, 2.24) is 14.7 Å². The summed E-state index contributed by atoms with van der Waals surface area (Å²) in [5.41, 5.74) is 0.774. The minimum Gasteiger partial charge on any atom is -0.390 e. The van der Waals surface area contributed by atoms with E-state index >= 15 is 0 Å². The van der Waals surface area contributed by atoms with E-state index < -0.39 is 12.3 Å². The Bertz CT molecular complexity index is 823. The molecule has 2 heterocycles. The fourth-order valence-corrected chi connectivity index (χ4v) is 4.16. The molecule has 0 aliphatic carbocycles. The van der Waals surface area contributed by atoms with Crippen molar-refractivity contribution < 1.29 is 19.1 Å². The van der Waals surface area contributed by atoms with Crippen molar-refractivity contribution in [2.45, 2.75) is 31.5 Å². The number of aliphatic hydroxyl groups is 1.